The highest BCUT2D eigenvalue weighted by Gasteiger charge is 2.15. The van der Waals surface area contributed by atoms with E-state index in [1.807, 2.05) is 12.1 Å². The lowest BCUT2D eigenvalue weighted by molar-refractivity contribution is 0.348. The topological polar surface area (TPSA) is 60.2 Å². The average molecular weight is 269 g/mol. The largest absolute Gasteiger partial charge is 0.330 e. The average Bonchev–Trinajstić information content (AvgIpc) is 2.37. The SMILES string of the molecule is CCS(=O)(=O)c1ccc(CCC(C)(C)CN)cc1. The van der Waals surface area contributed by atoms with Crippen molar-refractivity contribution < 1.29 is 8.42 Å². The molecule has 1 aromatic rings. The number of hydrogen-bond acceptors (Lipinski definition) is 3. The summed E-state index contributed by atoms with van der Waals surface area (Å²) >= 11 is 0. The number of sulfone groups is 1. The normalized spacial score (nSPS) is 12.7. The van der Waals surface area contributed by atoms with Gasteiger partial charge in [0.25, 0.3) is 0 Å². The molecular weight excluding hydrogens is 246 g/mol. The van der Waals surface area contributed by atoms with Crippen LogP contribution in [0.3, 0.4) is 0 Å². The Kier molecular flexibility index (Phi) is 4.93. The van der Waals surface area contributed by atoms with E-state index in [1.165, 1.54) is 0 Å². The standard InChI is InChI=1S/C14H23NO2S/c1-4-18(16,17)13-7-5-12(6-8-13)9-10-14(2,3)11-15/h5-8H,4,9-11,15H2,1-3H3. The molecule has 0 unspecified atom stereocenters. The highest BCUT2D eigenvalue weighted by atomic mass is 32.2. The zero-order valence-corrected chi connectivity index (χ0v) is 12.3. The molecule has 0 fully saturated rings. The van der Waals surface area contributed by atoms with Crippen molar-refractivity contribution in [2.45, 2.75) is 38.5 Å². The third kappa shape index (κ3) is 4.10. The highest BCUT2D eigenvalue weighted by molar-refractivity contribution is 7.91. The smallest absolute Gasteiger partial charge is 0.178 e. The fourth-order valence-electron chi connectivity index (χ4n) is 1.61. The predicted octanol–water partition coefficient (Wildman–Crippen LogP) is 2.40. The van der Waals surface area contributed by atoms with E-state index in [2.05, 4.69) is 13.8 Å². The van der Waals surface area contributed by atoms with Crippen molar-refractivity contribution >= 4 is 9.84 Å². The quantitative estimate of drug-likeness (QED) is 0.862. The molecule has 18 heavy (non-hydrogen) atoms. The third-order valence-corrected chi connectivity index (χ3v) is 5.06. The minimum Gasteiger partial charge on any atom is -0.330 e. The van der Waals surface area contributed by atoms with Gasteiger partial charge in [0.15, 0.2) is 9.84 Å². The monoisotopic (exact) mass is 269 g/mol. The lowest BCUT2D eigenvalue weighted by Crippen LogP contribution is -2.24. The van der Waals surface area contributed by atoms with Gasteiger partial charge in [-0.05, 0) is 42.5 Å². The van der Waals surface area contributed by atoms with Gasteiger partial charge in [-0.3, -0.25) is 0 Å². The summed E-state index contributed by atoms with van der Waals surface area (Å²) in [4.78, 5) is 0.409. The van der Waals surface area contributed by atoms with E-state index in [9.17, 15) is 8.42 Å². The molecule has 0 aromatic heterocycles. The first kappa shape index (κ1) is 15.2. The van der Waals surface area contributed by atoms with Crippen LogP contribution in [0.15, 0.2) is 29.2 Å². The van der Waals surface area contributed by atoms with Crippen molar-refractivity contribution in [1.29, 1.82) is 0 Å². The Bertz CT molecular complexity index is 475. The van der Waals surface area contributed by atoms with Gasteiger partial charge in [0, 0.05) is 0 Å². The summed E-state index contributed by atoms with van der Waals surface area (Å²) in [5.41, 5.74) is 6.98. The van der Waals surface area contributed by atoms with Crippen LogP contribution in [0, 0.1) is 5.41 Å². The van der Waals surface area contributed by atoms with E-state index in [1.54, 1.807) is 19.1 Å². The fourth-order valence-corrected chi connectivity index (χ4v) is 2.50. The molecule has 0 atom stereocenters. The maximum atomic E-state index is 11.7. The molecule has 3 nitrogen and oxygen atoms in total. The molecule has 1 rings (SSSR count). The van der Waals surface area contributed by atoms with E-state index >= 15 is 0 Å². The molecule has 1 aromatic carbocycles. The number of hydrogen-bond donors (Lipinski definition) is 1. The Labute approximate surface area is 110 Å². The van der Waals surface area contributed by atoms with E-state index in [0.29, 0.717) is 11.4 Å². The number of aryl methyl sites for hydroxylation is 1. The zero-order valence-electron chi connectivity index (χ0n) is 11.4. The van der Waals surface area contributed by atoms with Crippen molar-refractivity contribution in [3.8, 4) is 0 Å². The molecule has 0 spiro atoms. The number of benzene rings is 1. The molecule has 2 N–H and O–H groups in total. The number of rotatable bonds is 6. The first-order chi connectivity index (χ1) is 8.30. The van der Waals surface area contributed by atoms with E-state index in [0.717, 1.165) is 18.4 Å². The summed E-state index contributed by atoms with van der Waals surface area (Å²) in [5, 5.41) is 0. The summed E-state index contributed by atoms with van der Waals surface area (Å²) < 4.78 is 23.3. The van der Waals surface area contributed by atoms with E-state index in [-0.39, 0.29) is 11.2 Å². The first-order valence-electron chi connectivity index (χ1n) is 6.32. The Morgan fingerprint density at radius 3 is 2.17 bits per heavy atom. The second-order valence-electron chi connectivity index (χ2n) is 5.42. The zero-order chi connectivity index (χ0) is 13.8. The molecule has 0 bridgehead atoms. The summed E-state index contributed by atoms with van der Waals surface area (Å²) in [6.45, 7) is 6.61. The van der Waals surface area contributed by atoms with Crippen LogP contribution in [0.25, 0.3) is 0 Å². The van der Waals surface area contributed by atoms with Gasteiger partial charge in [-0.25, -0.2) is 8.42 Å². The van der Waals surface area contributed by atoms with Crippen LogP contribution < -0.4 is 5.73 Å². The predicted molar refractivity (Wildman–Crippen MR) is 75.3 cm³/mol. The summed E-state index contributed by atoms with van der Waals surface area (Å²) in [7, 11) is -3.08. The lowest BCUT2D eigenvalue weighted by Gasteiger charge is -2.22. The minimum absolute atomic E-state index is 0.133. The summed E-state index contributed by atoms with van der Waals surface area (Å²) in [6.07, 6.45) is 1.93. The Morgan fingerprint density at radius 1 is 1.17 bits per heavy atom. The van der Waals surface area contributed by atoms with Gasteiger partial charge >= 0.3 is 0 Å². The van der Waals surface area contributed by atoms with Crippen LogP contribution in [0.1, 0.15) is 32.8 Å². The molecule has 0 radical (unpaired) electrons. The Morgan fingerprint density at radius 2 is 1.72 bits per heavy atom. The van der Waals surface area contributed by atoms with Gasteiger partial charge in [-0.2, -0.15) is 0 Å². The maximum Gasteiger partial charge on any atom is 0.178 e. The van der Waals surface area contributed by atoms with Crippen molar-refractivity contribution in [3.63, 3.8) is 0 Å². The highest BCUT2D eigenvalue weighted by Crippen LogP contribution is 2.22. The number of nitrogens with two attached hydrogens (primary N) is 1. The van der Waals surface area contributed by atoms with Gasteiger partial charge in [0.1, 0.15) is 0 Å². The summed E-state index contributed by atoms with van der Waals surface area (Å²) in [6, 6.07) is 7.19. The van der Waals surface area contributed by atoms with Crippen molar-refractivity contribution in [2.75, 3.05) is 12.3 Å². The lowest BCUT2D eigenvalue weighted by atomic mass is 9.86. The molecule has 0 aliphatic rings. The van der Waals surface area contributed by atoms with Crippen LogP contribution in [0.4, 0.5) is 0 Å². The molecule has 0 saturated carbocycles. The third-order valence-electron chi connectivity index (χ3n) is 3.31. The second-order valence-corrected chi connectivity index (χ2v) is 7.69. The molecular formula is C14H23NO2S. The van der Waals surface area contributed by atoms with Crippen LogP contribution in [0.2, 0.25) is 0 Å². The fraction of sp³-hybridized carbons (Fsp3) is 0.571. The molecule has 0 saturated heterocycles. The molecule has 0 aliphatic carbocycles. The van der Waals surface area contributed by atoms with Gasteiger partial charge in [-0.1, -0.05) is 32.9 Å². The van der Waals surface area contributed by atoms with Gasteiger partial charge in [0.2, 0.25) is 0 Å². The van der Waals surface area contributed by atoms with Crippen LogP contribution in [0.5, 0.6) is 0 Å². The van der Waals surface area contributed by atoms with Gasteiger partial charge in [-0.15, -0.1) is 0 Å². The maximum absolute atomic E-state index is 11.7. The molecule has 0 aliphatic heterocycles. The molecule has 0 heterocycles. The van der Waals surface area contributed by atoms with Crippen molar-refractivity contribution in [1.82, 2.24) is 0 Å². The van der Waals surface area contributed by atoms with Crippen LogP contribution >= 0.6 is 0 Å². The van der Waals surface area contributed by atoms with Gasteiger partial charge < -0.3 is 5.73 Å². The molecule has 0 amide bonds. The van der Waals surface area contributed by atoms with Crippen LogP contribution in [-0.4, -0.2) is 20.7 Å². The van der Waals surface area contributed by atoms with Gasteiger partial charge in [0.05, 0.1) is 10.6 Å². The Balaban J connectivity index is 2.73. The minimum atomic E-state index is -3.08. The van der Waals surface area contributed by atoms with E-state index in [4.69, 9.17) is 5.73 Å². The molecule has 4 heteroatoms. The van der Waals surface area contributed by atoms with Crippen molar-refractivity contribution in [3.05, 3.63) is 29.8 Å². The van der Waals surface area contributed by atoms with Crippen molar-refractivity contribution in [2.24, 2.45) is 11.1 Å². The second kappa shape index (κ2) is 5.85. The molecule has 102 valence electrons. The summed E-state index contributed by atoms with van der Waals surface area (Å²) in [5.74, 6) is 0.145. The first-order valence-corrected chi connectivity index (χ1v) is 7.98. The van der Waals surface area contributed by atoms with Crippen LogP contribution in [-0.2, 0) is 16.3 Å². The Hall–Kier alpha value is -0.870. The van der Waals surface area contributed by atoms with E-state index < -0.39 is 9.84 Å².